The van der Waals surface area contributed by atoms with Crippen LogP contribution in [0, 0.1) is 5.92 Å². The molecule has 0 unspecified atom stereocenters. The third kappa shape index (κ3) is 6.98. The van der Waals surface area contributed by atoms with Crippen molar-refractivity contribution in [2.75, 3.05) is 13.2 Å². The number of carbonyl (C=O) groups excluding carboxylic acids is 3. The summed E-state index contributed by atoms with van der Waals surface area (Å²) < 4.78 is 4.89. The molecule has 0 saturated carbocycles. The van der Waals surface area contributed by atoms with E-state index in [1.807, 2.05) is 12.2 Å². The zero-order chi connectivity index (χ0) is 17.2. The van der Waals surface area contributed by atoms with E-state index in [0.29, 0.717) is 6.54 Å². The van der Waals surface area contributed by atoms with Gasteiger partial charge in [0.05, 0.1) is 6.42 Å². The molecular weight excluding hydrogens is 308 g/mol. The van der Waals surface area contributed by atoms with Crippen molar-refractivity contribution in [2.24, 2.45) is 5.92 Å². The standard InChI is InChI=1S/C18H26N2O4/c21-16(13-24-17(22)12-15-8-4-5-9-15)20-18(23)19-11-10-14-6-2-1-3-7-14/h4,6,8,15H,1-3,5,7,9-13H2,(H2,19,20,21,23)/t15-/m0/s1. The van der Waals surface area contributed by atoms with Crippen molar-refractivity contribution >= 4 is 17.9 Å². The summed E-state index contributed by atoms with van der Waals surface area (Å²) in [6.07, 6.45) is 13.9. The van der Waals surface area contributed by atoms with Crippen molar-refractivity contribution in [2.45, 2.75) is 51.4 Å². The minimum atomic E-state index is -0.611. The van der Waals surface area contributed by atoms with E-state index in [9.17, 15) is 14.4 Å². The number of ether oxygens (including phenoxy) is 1. The fourth-order valence-electron chi connectivity index (χ4n) is 2.96. The highest BCUT2D eigenvalue weighted by Gasteiger charge is 2.16. The summed E-state index contributed by atoms with van der Waals surface area (Å²) in [6, 6.07) is -0.550. The third-order valence-electron chi connectivity index (χ3n) is 4.28. The molecule has 2 rings (SSSR count). The Hall–Kier alpha value is -2.11. The van der Waals surface area contributed by atoms with Gasteiger partial charge in [-0.15, -0.1) is 0 Å². The number of nitrogens with one attached hydrogen (secondary N) is 2. The number of imide groups is 1. The lowest BCUT2D eigenvalue weighted by atomic mass is 9.97. The van der Waals surface area contributed by atoms with Crippen LogP contribution < -0.4 is 10.6 Å². The Kier molecular flexibility index (Phi) is 7.52. The molecule has 0 aliphatic heterocycles. The van der Waals surface area contributed by atoms with Crippen molar-refractivity contribution in [3.05, 3.63) is 23.8 Å². The smallest absolute Gasteiger partial charge is 0.321 e. The number of esters is 1. The first kappa shape index (κ1) is 18.2. The van der Waals surface area contributed by atoms with Crippen LogP contribution in [0.5, 0.6) is 0 Å². The molecule has 2 N–H and O–H groups in total. The predicted molar refractivity (Wildman–Crippen MR) is 90.1 cm³/mol. The van der Waals surface area contributed by atoms with E-state index in [1.54, 1.807) is 0 Å². The minimum Gasteiger partial charge on any atom is -0.456 e. The molecule has 0 aromatic carbocycles. The van der Waals surface area contributed by atoms with Gasteiger partial charge in [-0.1, -0.05) is 23.8 Å². The second-order valence-corrected chi connectivity index (χ2v) is 6.29. The van der Waals surface area contributed by atoms with Crippen molar-refractivity contribution in [1.82, 2.24) is 10.6 Å². The first-order chi connectivity index (χ1) is 11.6. The van der Waals surface area contributed by atoms with Gasteiger partial charge >= 0.3 is 12.0 Å². The number of amides is 3. The summed E-state index contributed by atoms with van der Waals surface area (Å²) in [6.45, 7) is 0.0760. The average molecular weight is 334 g/mol. The minimum absolute atomic E-state index is 0.206. The van der Waals surface area contributed by atoms with Crippen LogP contribution in [-0.4, -0.2) is 31.1 Å². The molecule has 0 heterocycles. The molecule has 6 heteroatoms. The molecule has 6 nitrogen and oxygen atoms in total. The van der Waals surface area contributed by atoms with E-state index in [0.717, 1.165) is 32.1 Å². The number of allylic oxidation sites excluding steroid dienone is 3. The second kappa shape index (κ2) is 9.90. The van der Waals surface area contributed by atoms with Crippen LogP contribution in [-0.2, 0) is 14.3 Å². The lowest BCUT2D eigenvalue weighted by molar-refractivity contribution is -0.148. The molecular formula is C18H26N2O4. The zero-order valence-corrected chi connectivity index (χ0v) is 14.0. The monoisotopic (exact) mass is 334 g/mol. The van der Waals surface area contributed by atoms with E-state index in [-0.39, 0.29) is 12.3 Å². The van der Waals surface area contributed by atoms with Crippen LogP contribution in [0.4, 0.5) is 4.79 Å². The summed E-state index contributed by atoms with van der Waals surface area (Å²) >= 11 is 0. The van der Waals surface area contributed by atoms with Gasteiger partial charge in [-0.2, -0.15) is 0 Å². The topological polar surface area (TPSA) is 84.5 Å². The quantitative estimate of drug-likeness (QED) is 0.554. The predicted octanol–water partition coefficient (Wildman–Crippen LogP) is 2.60. The average Bonchev–Trinajstić information content (AvgIpc) is 3.07. The first-order valence-corrected chi connectivity index (χ1v) is 8.71. The lowest BCUT2D eigenvalue weighted by Gasteiger charge is -2.13. The fourth-order valence-corrected chi connectivity index (χ4v) is 2.96. The second-order valence-electron chi connectivity index (χ2n) is 6.29. The van der Waals surface area contributed by atoms with Gasteiger partial charge in [0.15, 0.2) is 6.61 Å². The van der Waals surface area contributed by atoms with E-state index in [2.05, 4.69) is 16.7 Å². The fraction of sp³-hybridized carbons (Fsp3) is 0.611. The third-order valence-corrected chi connectivity index (χ3v) is 4.28. The van der Waals surface area contributed by atoms with Gasteiger partial charge in [0.2, 0.25) is 0 Å². The maximum absolute atomic E-state index is 11.6. The van der Waals surface area contributed by atoms with Crippen LogP contribution >= 0.6 is 0 Å². The van der Waals surface area contributed by atoms with Crippen LogP contribution in [0.25, 0.3) is 0 Å². The van der Waals surface area contributed by atoms with E-state index >= 15 is 0 Å². The number of hydrogen-bond donors (Lipinski definition) is 2. The molecule has 0 radical (unpaired) electrons. The molecule has 24 heavy (non-hydrogen) atoms. The van der Waals surface area contributed by atoms with Crippen molar-refractivity contribution in [1.29, 1.82) is 0 Å². The normalized spacial score (nSPS) is 19.5. The van der Waals surface area contributed by atoms with Crippen LogP contribution in [0.2, 0.25) is 0 Å². The molecule has 0 spiro atoms. The van der Waals surface area contributed by atoms with Gasteiger partial charge in [0, 0.05) is 6.54 Å². The SMILES string of the molecule is O=C(COC(=O)C[C@H]1C=CCC1)NC(=O)NCCC1=CCCCC1. The van der Waals surface area contributed by atoms with E-state index in [1.165, 1.54) is 18.4 Å². The summed E-state index contributed by atoms with van der Waals surface area (Å²) in [4.78, 5) is 34.8. The van der Waals surface area contributed by atoms with Crippen LogP contribution in [0.15, 0.2) is 23.8 Å². The summed E-state index contributed by atoms with van der Waals surface area (Å²) in [5.74, 6) is -0.816. The van der Waals surface area contributed by atoms with Gasteiger partial charge in [-0.05, 0) is 50.9 Å². The molecule has 2 aliphatic rings. The first-order valence-electron chi connectivity index (χ1n) is 8.71. The molecule has 0 bridgehead atoms. The van der Waals surface area contributed by atoms with Crippen molar-refractivity contribution < 1.29 is 19.1 Å². The molecule has 1 atom stereocenters. The molecule has 0 aromatic heterocycles. The molecule has 132 valence electrons. The molecule has 0 saturated heterocycles. The molecule has 2 aliphatic carbocycles. The van der Waals surface area contributed by atoms with Crippen molar-refractivity contribution in [3.8, 4) is 0 Å². The highest BCUT2D eigenvalue weighted by molar-refractivity contribution is 5.95. The summed E-state index contributed by atoms with van der Waals surface area (Å²) in [7, 11) is 0. The maximum atomic E-state index is 11.6. The Morgan fingerprint density at radius 2 is 2.08 bits per heavy atom. The Balaban J connectivity index is 1.54. The zero-order valence-electron chi connectivity index (χ0n) is 14.0. The van der Waals surface area contributed by atoms with Gasteiger partial charge in [0.25, 0.3) is 5.91 Å². The number of hydrogen-bond acceptors (Lipinski definition) is 4. The van der Waals surface area contributed by atoms with Gasteiger partial charge in [-0.3, -0.25) is 14.9 Å². The molecule has 0 fully saturated rings. The number of urea groups is 1. The van der Waals surface area contributed by atoms with Gasteiger partial charge in [-0.25, -0.2) is 4.79 Å². The van der Waals surface area contributed by atoms with Gasteiger partial charge < -0.3 is 10.1 Å². The lowest BCUT2D eigenvalue weighted by Crippen LogP contribution is -2.41. The van der Waals surface area contributed by atoms with Crippen molar-refractivity contribution in [3.63, 3.8) is 0 Å². The maximum Gasteiger partial charge on any atom is 0.321 e. The van der Waals surface area contributed by atoms with E-state index < -0.39 is 24.5 Å². The van der Waals surface area contributed by atoms with Crippen LogP contribution in [0.1, 0.15) is 51.4 Å². The molecule has 0 aromatic rings. The molecule has 3 amide bonds. The van der Waals surface area contributed by atoms with E-state index in [4.69, 9.17) is 4.74 Å². The highest BCUT2D eigenvalue weighted by atomic mass is 16.5. The van der Waals surface area contributed by atoms with Crippen LogP contribution in [0.3, 0.4) is 0 Å². The summed E-state index contributed by atoms with van der Waals surface area (Å²) in [5.41, 5.74) is 1.36. The van der Waals surface area contributed by atoms with Gasteiger partial charge in [0.1, 0.15) is 0 Å². The summed E-state index contributed by atoms with van der Waals surface area (Å²) in [5, 5.41) is 4.81. The largest absolute Gasteiger partial charge is 0.456 e. The highest BCUT2D eigenvalue weighted by Crippen LogP contribution is 2.20. The Labute approximate surface area is 142 Å². The number of carbonyl (C=O) groups is 3. The Bertz CT molecular complexity index is 525. The Morgan fingerprint density at radius 1 is 1.21 bits per heavy atom. The number of rotatable bonds is 7. The Morgan fingerprint density at radius 3 is 2.79 bits per heavy atom.